The smallest absolute Gasteiger partial charge is 0.0575 e. The molecule has 88 valence electrons. The van der Waals surface area contributed by atoms with Crippen molar-refractivity contribution < 1.29 is 5.11 Å². The largest absolute Gasteiger partial charge is 0.393 e. The van der Waals surface area contributed by atoms with Gasteiger partial charge in [0.05, 0.1) is 6.10 Å². The zero-order chi connectivity index (χ0) is 11.8. The Balaban J connectivity index is 2.27. The number of benzene rings is 1. The van der Waals surface area contributed by atoms with Crippen LogP contribution in [-0.2, 0) is 0 Å². The van der Waals surface area contributed by atoms with E-state index in [4.69, 9.17) is 0 Å². The quantitative estimate of drug-likeness (QED) is 0.784. The predicted octanol–water partition coefficient (Wildman–Crippen LogP) is 2.59. The molecule has 1 aliphatic rings. The number of hydrogen-bond donors (Lipinski definition) is 1. The minimum atomic E-state index is -0.184. The standard InChI is InChI=1S/C14H21NO/c1-14(2)10-12(16)9-13(15(14)3)11-7-5-4-6-8-11/h4-8,12-13,16H,9-10H2,1-3H3/t12-,13+/m1/s1. The lowest BCUT2D eigenvalue weighted by Gasteiger charge is -2.47. The third-order valence-electron chi connectivity index (χ3n) is 3.84. The normalized spacial score (nSPS) is 30.2. The first kappa shape index (κ1) is 11.6. The van der Waals surface area contributed by atoms with Gasteiger partial charge < -0.3 is 5.11 Å². The number of aliphatic hydroxyl groups excluding tert-OH is 1. The van der Waals surface area contributed by atoms with Crippen LogP contribution in [0.2, 0.25) is 0 Å². The van der Waals surface area contributed by atoms with Gasteiger partial charge in [0.1, 0.15) is 0 Å². The van der Waals surface area contributed by atoms with Gasteiger partial charge in [-0.2, -0.15) is 0 Å². The second kappa shape index (κ2) is 4.19. The van der Waals surface area contributed by atoms with E-state index in [0.29, 0.717) is 6.04 Å². The summed E-state index contributed by atoms with van der Waals surface area (Å²) in [6.45, 7) is 4.40. The van der Waals surface area contributed by atoms with Crippen molar-refractivity contribution in [1.29, 1.82) is 0 Å². The van der Waals surface area contributed by atoms with Crippen LogP contribution < -0.4 is 0 Å². The topological polar surface area (TPSA) is 23.5 Å². The third-order valence-corrected chi connectivity index (χ3v) is 3.84. The molecule has 0 aliphatic carbocycles. The second-order valence-electron chi connectivity index (χ2n) is 5.44. The molecule has 2 rings (SSSR count). The Morgan fingerprint density at radius 3 is 2.50 bits per heavy atom. The monoisotopic (exact) mass is 219 g/mol. The molecule has 1 aromatic carbocycles. The van der Waals surface area contributed by atoms with Gasteiger partial charge in [-0.1, -0.05) is 30.3 Å². The van der Waals surface area contributed by atoms with Crippen LogP contribution in [0.1, 0.15) is 38.3 Å². The van der Waals surface area contributed by atoms with Crippen LogP contribution in [0, 0.1) is 0 Å². The van der Waals surface area contributed by atoms with Crippen LogP contribution >= 0.6 is 0 Å². The maximum Gasteiger partial charge on any atom is 0.0575 e. The van der Waals surface area contributed by atoms with Crippen molar-refractivity contribution in [3.8, 4) is 0 Å². The van der Waals surface area contributed by atoms with Crippen LogP contribution in [0.4, 0.5) is 0 Å². The summed E-state index contributed by atoms with van der Waals surface area (Å²) >= 11 is 0. The number of rotatable bonds is 1. The van der Waals surface area contributed by atoms with Crippen molar-refractivity contribution >= 4 is 0 Å². The number of nitrogens with zero attached hydrogens (tertiary/aromatic N) is 1. The van der Waals surface area contributed by atoms with Crippen LogP contribution in [0.5, 0.6) is 0 Å². The highest BCUT2D eigenvalue weighted by molar-refractivity contribution is 5.20. The lowest BCUT2D eigenvalue weighted by molar-refractivity contribution is -0.0266. The van der Waals surface area contributed by atoms with Crippen molar-refractivity contribution in [1.82, 2.24) is 4.90 Å². The summed E-state index contributed by atoms with van der Waals surface area (Å²) in [6, 6.07) is 10.8. The highest BCUT2D eigenvalue weighted by Gasteiger charge is 2.38. The van der Waals surface area contributed by atoms with Crippen LogP contribution in [0.15, 0.2) is 30.3 Å². The average molecular weight is 219 g/mol. The number of hydrogen-bond acceptors (Lipinski definition) is 2. The molecule has 1 aromatic rings. The summed E-state index contributed by atoms with van der Waals surface area (Å²) < 4.78 is 0. The third kappa shape index (κ3) is 2.13. The Morgan fingerprint density at radius 1 is 1.25 bits per heavy atom. The SMILES string of the molecule is CN1[C@H](c2ccccc2)C[C@@H](O)CC1(C)C. The van der Waals surface area contributed by atoms with E-state index in [0.717, 1.165) is 12.8 Å². The minimum absolute atomic E-state index is 0.0676. The fourth-order valence-electron chi connectivity index (χ4n) is 2.68. The lowest BCUT2D eigenvalue weighted by atomic mass is 9.82. The first-order valence-electron chi connectivity index (χ1n) is 5.96. The molecule has 0 aromatic heterocycles. The molecule has 16 heavy (non-hydrogen) atoms. The first-order valence-corrected chi connectivity index (χ1v) is 5.96. The summed E-state index contributed by atoms with van der Waals surface area (Å²) in [5.74, 6) is 0. The first-order chi connectivity index (χ1) is 7.50. The van der Waals surface area contributed by atoms with E-state index in [1.807, 2.05) is 6.07 Å². The average Bonchev–Trinajstić information content (AvgIpc) is 2.24. The molecule has 0 radical (unpaired) electrons. The van der Waals surface area contributed by atoms with Crippen molar-refractivity contribution in [3.05, 3.63) is 35.9 Å². The van der Waals surface area contributed by atoms with E-state index in [-0.39, 0.29) is 11.6 Å². The van der Waals surface area contributed by atoms with Gasteiger partial charge in [-0.05, 0) is 39.3 Å². The highest BCUT2D eigenvalue weighted by Crippen LogP contribution is 2.38. The number of likely N-dealkylation sites (tertiary alicyclic amines) is 1. The molecular weight excluding hydrogens is 198 g/mol. The molecular formula is C14H21NO. The fourth-order valence-corrected chi connectivity index (χ4v) is 2.68. The Kier molecular flexibility index (Phi) is 3.04. The lowest BCUT2D eigenvalue weighted by Crippen LogP contribution is -2.50. The molecule has 0 saturated carbocycles. The van der Waals surface area contributed by atoms with E-state index in [1.165, 1.54) is 5.56 Å². The molecule has 0 spiro atoms. The molecule has 1 N–H and O–H groups in total. The van der Waals surface area contributed by atoms with Gasteiger partial charge in [0.2, 0.25) is 0 Å². The summed E-state index contributed by atoms with van der Waals surface area (Å²) in [6.07, 6.45) is 1.51. The Bertz CT molecular complexity index is 347. The zero-order valence-corrected chi connectivity index (χ0v) is 10.4. The number of piperidine rings is 1. The zero-order valence-electron chi connectivity index (χ0n) is 10.4. The van der Waals surface area contributed by atoms with Crippen molar-refractivity contribution in [3.63, 3.8) is 0 Å². The Labute approximate surface area is 97.9 Å². The molecule has 0 unspecified atom stereocenters. The second-order valence-corrected chi connectivity index (χ2v) is 5.44. The van der Waals surface area contributed by atoms with Crippen LogP contribution in [0.3, 0.4) is 0 Å². The van der Waals surface area contributed by atoms with E-state index in [9.17, 15) is 5.11 Å². The van der Waals surface area contributed by atoms with Crippen LogP contribution in [0.25, 0.3) is 0 Å². The molecule has 1 heterocycles. The van der Waals surface area contributed by atoms with Crippen molar-refractivity contribution in [2.75, 3.05) is 7.05 Å². The molecule has 2 nitrogen and oxygen atoms in total. The Hall–Kier alpha value is -0.860. The fraction of sp³-hybridized carbons (Fsp3) is 0.571. The number of aliphatic hydroxyl groups is 1. The molecule has 1 saturated heterocycles. The molecule has 1 fully saturated rings. The Morgan fingerprint density at radius 2 is 1.88 bits per heavy atom. The molecule has 0 bridgehead atoms. The van der Waals surface area contributed by atoms with Crippen LogP contribution in [-0.4, -0.2) is 28.7 Å². The maximum absolute atomic E-state index is 9.97. The van der Waals surface area contributed by atoms with Gasteiger partial charge in [0.25, 0.3) is 0 Å². The van der Waals surface area contributed by atoms with Gasteiger partial charge in [-0.15, -0.1) is 0 Å². The summed E-state index contributed by atoms with van der Waals surface area (Å²) in [5.41, 5.74) is 1.37. The van der Waals surface area contributed by atoms with Gasteiger partial charge in [0, 0.05) is 11.6 Å². The summed E-state index contributed by atoms with van der Waals surface area (Å²) in [4.78, 5) is 2.38. The van der Waals surface area contributed by atoms with E-state index < -0.39 is 0 Å². The van der Waals surface area contributed by atoms with Gasteiger partial charge >= 0.3 is 0 Å². The van der Waals surface area contributed by atoms with E-state index in [1.54, 1.807) is 0 Å². The molecule has 2 heteroatoms. The van der Waals surface area contributed by atoms with Gasteiger partial charge in [-0.3, -0.25) is 4.90 Å². The van der Waals surface area contributed by atoms with Gasteiger partial charge in [0.15, 0.2) is 0 Å². The molecule has 0 amide bonds. The van der Waals surface area contributed by atoms with E-state index in [2.05, 4.69) is 50.1 Å². The minimum Gasteiger partial charge on any atom is -0.393 e. The molecule has 1 aliphatic heterocycles. The maximum atomic E-state index is 9.97. The van der Waals surface area contributed by atoms with Gasteiger partial charge in [-0.25, -0.2) is 0 Å². The highest BCUT2D eigenvalue weighted by atomic mass is 16.3. The van der Waals surface area contributed by atoms with Crippen molar-refractivity contribution in [2.24, 2.45) is 0 Å². The molecule has 2 atom stereocenters. The predicted molar refractivity (Wildman–Crippen MR) is 66.3 cm³/mol. The summed E-state index contributed by atoms with van der Waals surface area (Å²) in [5, 5.41) is 9.97. The van der Waals surface area contributed by atoms with E-state index >= 15 is 0 Å². The van der Waals surface area contributed by atoms with Crippen molar-refractivity contribution in [2.45, 2.75) is 44.4 Å². The summed E-state index contributed by atoms with van der Waals surface area (Å²) in [7, 11) is 2.16.